The minimum atomic E-state index is -4.62. The maximum absolute atomic E-state index is 11.6. The van der Waals surface area contributed by atoms with E-state index >= 15 is 0 Å². The average Bonchev–Trinajstić information content (AvgIpc) is 2.92. The van der Waals surface area contributed by atoms with Crippen LogP contribution in [0.2, 0.25) is 0 Å². The number of nitrogens with one attached hydrogen (secondary N) is 1. The number of aromatic nitrogens is 4. The van der Waals surface area contributed by atoms with Gasteiger partial charge in [0.1, 0.15) is 0 Å². The Balaban J connectivity index is 0.00000146. The first-order valence-electron chi connectivity index (χ1n) is 8.03. The zero-order chi connectivity index (χ0) is 20.5. The summed E-state index contributed by atoms with van der Waals surface area (Å²) >= 11 is 0. The largest absolute Gasteiger partial charge is 0.369 e. The number of anilines is 1. The highest BCUT2D eigenvalue weighted by atomic mass is 32.2. The van der Waals surface area contributed by atoms with Crippen molar-refractivity contribution >= 4 is 34.5 Å². The van der Waals surface area contributed by atoms with E-state index in [4.69, 9.17) is 15.5 Å². The van der Waals surface area contributed by atoms with Crippen molar-refractivity contribution in [2.75, 3.05) is 17.0 Å². The van der Waals surface area contributed by atoms with Crippen molar-refractivity contribution in [1.82, 2.24) is 19.5 Å². The van der Waals surface area contributed by atoms with Crippen LogP contribution in [0.5, 0.6) is 0 Å². The molecule has 0 aromatic carbocycles. The third-order valence-electron chi connectivity index (χ3n) is 2.71. The lowest BCUT2D eigenvalue weighted by Gasteiger charge is -2.07. The summed E-state index contributed by atoms with van der Waals surface area (Å²) in [6, 6.07) is 0. The molecule has 26 heavy (non-hydrogen) atoms. The van der Waals surface area contributed by atoms with Crippen LogP contribution < -0.4 is 11.3 Å². The highest BCUT2D eigenvalue weighted by molar-refractivity contribution is 7.97. The van der Waals surface area contributed by atoms with Crippen LogP contribution in [0.3, 0.4) is 0 Å². The Kier molecular flexibility index (Phi) is 9.71. The Hall–Kier alpha value is -1.75. The summed E-state index contributed by atoms with van der Waals surface area (Å²) in [5.74, 6) is -0.496. The SMILES string of the molecule is CC.CC.Nc1nc2c(ncn2CCCS(=O)(=O)CP(=O)(O)O)c(=O)[nH]1. The average molecular weight is 411 g/mol. The number of nitrogens with two attached hydrogens (primary N) is 1. The summed E-state index contributed by atoms with van der Waals surface area (Å²) in [6.07, 6.45) is 1.41. The first-order valence-corrected chi connectivity index (χ1v) is 11.6. The third kappa shape index (κ3) is 7.65. The lowest BCUT2D eigenvalue weighted by molar-refractivity contribution is 0.378. The normalized spacial score (nSPS) is 11.3. The van der Waals surface area contributed by atoms with E-state index in [1.807, 2.05) is 27.7 Å². The van der Waals surface area contributed by atoms with Crippen LogP contribution in [0.15, 0.2) is 11.1 Å². The number of rotatable bonds is 6. The second-order valence-electron chi connectivity index (χ2n) is 4.66. The predicted octanol–water partition coefficient (Wildman–Crippen LogP) is 0.694. The van der Waals surface area contributed by atoms with E-state index in [0.717, 1.165) is 0 Å². The molecule has 2 aromatic rings. The molecule has 0 amide bonds. The van der Waals surface area contributed by atoms with E-state index in [1.54, 1.807) is 0 Å². The van der Waals surface area contributed by atoms with Crippen LogP contribution >= 0.6 is 7.60 Å². The van der Waals surface area contributed by atoms with E-state index in [0.29, 0.717) is 0 Å². The topological polar surface area (TPSA) is 181 Å². The zero-order valence-electron chi connectivity index (χ0n) is 15.2. The van der Waals surface area contributed by atoms with Gasteiger partial charge in [-0.25, -0.2) is 13.4 Å². The summed E-state index contributed by atoms with van der Waals surface area (Å²) in [4.78, 5) is 39.0. The van der Waals surface area contributed by atoms with Gasteiger partial charge in [-0.15, -0.1) is 0 Å². The third-order valence-corrected chi connectivity index (χ3v) is 6.54. The van der Waals surface area contributed by atoms with E-state index in [1.165, 1.54) is 10.9 Å². The Morgan fingerprint density at radius 1 is 1.27 bits per heavy atom. The van der Waals surface area contributed by atoms with Gasteiger partial charge >= 0.3 is 7.60 Å². The number of nitrogens with zero attached hydrogens (tertiary/aromatic N) is 3. The molecule has 0 saturated heterocycles. The molecule has 0 saturated carbocycles. The van der Waals surface area contributed by atoms with Crippen molar-refractivity contribution in [3.8, 4) is 0 Å². The van der Waals surface area contributed by atoms with Gasteiger partial charge in [-0.3, -0.25) is 14.3 Å². The molecular formula is C13H26N5O6PS. The Labute approximate surface area is 151 Å². The number of H-pyrrole nitrogens is 1. The molecule has 0 unspecified atom stereocenters. The first kappa shape index (κ1) is 24.2. The van der Waals surface area contributed by atoms with Crippen LogP contribution in [0.1, 0.15) is 34.1 Å². The molecule has 0 aliphatic rings. The van der Waals surface area contributed by atoms with Crippen molar-refractivity contribution in [1.29, 1.82) is 0 Å². The molecule has 150 valence electrons. The summed E-state index contributed by atoms with van der Waals surface area (Å²) in [5.41, 5.74) is 4.03. The monoisotopic (exact) mass is 411 g/mol. The maximum atomic E-state index is 11.6. The predicted molar refractivity (Wildman–Crippen MR) is 101 cm³/mol. The van der Waals surface area contributed by atoms with E-state index in [9.17, 15) is 17.8 Å². The van der Waals surface area contributed by atoms with Gasteiger partial charge in [-0.1, -0.05) is 27.7 Å². The van der Waals surface area contributed by atoms with Crippen molar-refractivity contribution < 1.29 is 22.8 Å². The molecule has 13 heteroatoms. The van der Waals surface area contributed by atoms with Crippen LogP contribution in [-0.4, -0.2) is 49.0 Å². The van der Waals surface area contributed by atoms with Crippen molar-refractivity contribution in [3.05, 3.63) is 16.7 Å². The molecule has 0 radical (unpaired) electrons. The smallest absolute Gasteiger partial charge is 0.340 e. The molecule has 2 rings (SSSR count). The molecule has 0 fully saturated rings. The summed E-state index contributed by atoms with van der Waals surface area (Å²) in [7, 11) is -8.49. The molecule has 0 atom stereocenters. The fourth-order valence-electron chi connectivity index (χ4n) is 1.91. The van der Waals surface area contributed by atoms with Gasteiger partial charge in [0.25, 0.3) is 5.56 Å². The summed E-state index contributed by atoms with van der Waals surface area (Å²) in [5, 5.41) is 0. The highest BCUT2D eigenvalue weighted by Crippen LogP contribution is 2.36. The van der Waals surface area contributed by atoms with Gasteiger partial charge in [0.15, 0.2) is 26.5 Å². The second-order valence-corrected chi connectivity index (χ2v) is 8.91. The molecule has 5 N–H and O–H groups in total. The molecule has 2 aromatic heterocycles. The van der Waals surface area contributed by atoms with Crippen LogP contribution in [0.25, 0.3) is 11.2 Å². The van der Waals surface area contributed by atoms with Crippen molar-refractivity contribution in [3.63, 3.8) is 0 Å². The molecule has 0 aliphatic carbocycles. The zero-order valence-corrected chi connectivity index (χ0v) is 16.9. The lowest BCUT2D eigenvalue weighted by atomic mass is 10.4. The van der Waals surface area contributed by atoms with E-state index in [-0.39, 0.29) is 30.1 Å². The molecule has 0 bridgehead atoms. The number of fused-ring (bicyclic) bond motifs is 1. The van der Waals surface area contributed by atoms with Crippen molar-refractivity contribution in [2.45, 2.75) is 40.7 Å². The summed E-state index contributed by atoms with van der Waals surface area (Å²) < 4.78 is 35.3. The second kappa shape index (κ2) is 10.4. The number of aryl methyl sites for hydroxylation is 1. The minimum Gasteiger partial charge on any atom is -0.369 e. The first-order chi connectivity index (χ1) is 12.1. The van der Waals surface area contributed by atoms with E-state index in [2.05, 4.69) is 15.0 Å². The number of hydrogen-bond acceptors (Lipinski definition) is 7. The van der Waals surface area contributed by atoms with Crippen LogP contribution in [0, 0.1) is 0 Å². The van der Waals surface area contributed by atoms with Gasteiger partial charge < -0.3 is 20.1 Å². The van der Waals surface area contributed by atoms with Crippen LogP contribution in [0.4, 0.5) is 5.95 Å². The van der Waals surface area contributed by atoms with Crippen LogP contribution in [-0.2, 0) is 20.9 Å². The lowest BCUT2D eigenvalue weighted by Crippen LogP contribution is -2.14. The minimum absolute atomic E-state index is 0.0762. The molecule has 0 spiro atoms. The Morgan fingerprint density at radius 3 is 2.38 bits per heavy atom. The number of nitrogen functional groups attached to an aromatic ring is 1. The molecule has 2 heterocycles. The maximum Gasteiger partial charge on any atom is 0.340 e. The molecule has 11 nitrogen and oxygen atoms in total. The standard InChI is InChI=1S/C9H14N5O6PS.2C2H6/c10-9-12-7-6(8(15)13-9)11-4-14(7)2-1-3-22(19,20)5-21(16,17)18;2*1-2/h4H,1-3,5H2,(H2,16,17,18)(H3,10,12,13,15);2*1-2H3. The highest BCUT2D eigenvalue weighted by Gasteiger charge is 2.24. The van der Waals surface area contributed by atoms with Gasteiger partial charge in [-0.2, -0.15) is 4.98 Å². The fourth-order valence-corrected chi connectivity index (χ4v) is 5.05. The van der Waals surface area contributed by atoms with Gasteiger partial charge in [0, 0.05) is 6.54 Å². The van der Waals surface area contributed by atoms with Gasteiger partial charge in [0.05, 0.1) is 12.1 Å². The number of hydrogen-bond donors (Lipinski definition) is 4. The van der Waals surface area contributed by atoms with Crippen molar-refractivity contribution in [2.24, 2.45) is 0 Å². The number of aromatic amines is 1. The van der Waals surface area contributed by atoms with E-state index < -0.39 is 34.2 Å². The Bertz CT molecular complexity index is 901. The Morgan fingerprint density at radius 2 is 1.85 bits per heavy atom. The number of sulfone groups is 1. The molecule has 0 aliphatic heterocycles. The number of imidazole rings is 1. The quantitative estimate of drug-likeness (QED) is 0.497. The summed E-state index contributed by atoms with van der Waals surface area (Å²) in [6.45, 7) is 8.16. The fraction of sp³-hybridized carbons (Fsp3) is 0.615. The van der Waals surface area contributed by atoms with Gasteiger partial charge in [-0.05, 0) is 6.42 Å². The van der Waals surface area contributed by atoms with Gasteiger partial charge in [0.2, 0.25) is 5.95 Å². The molecular weight excluding hydrogens is 385 g/mol.